The molecule has 154 valence electrons. The lowest BCUT2D eigenvalue weighted by Crippen LogP contribution is -2.25. The third-order valence-corrected chi connectivity index (χ3v) is 5.42. The Labute approximate surface area is 178 Å². The van der Waals surface area contributed by atoms with E-state index in [1.54, 1.807) is 30.6 Å². The van der Waals surface area contributed by atoms with E-state index in [2.05, 4.69) is 20.3 Å². The van der Waals surface area contributed by atoms with Gasteiger partial charge < -0.3 is 11.1 Å². The molecule has 0 bridgehead atoms. The Bertz CT molecular complexity index is 1320. The number of imidazole rings is 1. The third-order valence-electron chi connectivity index (χ3n) is 5.42. The zero-order valence-corrected chi connectivity index (χ0v) is 16.9. The SMILES string of the molecule is Cc1ccc(C(=O)NC2CC2)cc1-n1cnc2c(-c3ccc(C(N)=O)cc3)ncnc21. The van der Waals surface area contributed by atoms with Gasteiger partial charge in [-0.3, -0.25) is 14.2 Å². The van der Waals surface area contributed by atoms with Crippen molar-refractivity contribution in [3.63, 3.8) is 0 Å². The minimum Gasteiger partial charge on any atom is -0.366 e. The van der Waals surface area contributed by atoms with Crippen molar-refractivity contribution >= 4 is 23.0 Å². The molecule has 1 fully saturated rings. The number of hydrogen-bond donors (Lipinski definition) is 2. The van der Waals surface area contributed by atoms with Gasteiger partial charge in [-0.05, 0) is 49.6 Å². The van der Waals surface area contributed by atoms with Crippen LogP contribution in [0.3, 0.4) is 0 Å². The molecule has 0 unspecified atom stereocenters. The summed E-state index contributed by atoms with van der Waals surface area (Å²) in [6.07, 6.45) is 5.25. The highest BCUT2D eigenvalue weighted by Crippen LogP contribution is 2.27. The van der Waals surface area contributed by atoms with Crippen molar-refractivity contribution in [1.29, 1.82) is 0 Å². The standard InChI is InChI=1S/C23H20N6O2/c1-13-2-3-16(23(31)28-17-8-9-17)10-18(13)29-12-27-20-19(25-11-26-22(20)29)14-4-6-15(7-5-14)21(24)30/h2-7,10-12,17H,8-9H2,1H3,(H2,24,30)(H,28,31). The van der Waals surface area contributed by atoms with Crippen LogP contribution in [0.5, 0.6) is 0 Å². The van der Waals surface area contributed by atoms with Crippen molar-refractivity contribution in [3.8, 4) is 16.9 Å². The number of carbonyl (C=O) groups is 2. The van der Waals surface area contributed by atoms with Crippen LogP contribution >= 0.6 is 0 Å². The van der Waals surface area contributed by atoms with Gasteiger partial charge in [-0.15, -0.1) is 0 Å². The van der Waals surface area contributed by atoms with Crippen LogP contribution in [0.25, 0.3) is 28.1 Å². The molecule has 1 saturated carbocycles. The first-order valence-corrected chi connectivity index (χ1v) is 10.0. The van der Waals surface area contributed by atoms with Crippen molar-refractivity contribution in [2.45, 2.75) is 25.8 Å². The number of nitrogens with zero attached hydrogens (tertiary/aromatic N) is 4. The third kappa shape index (κ3) is 3.52. The van der Waals surface area contributed by atoms with Gasteiger partial charge in [0, 0.05) is 22.7 Å². The van der Waals surface area contributed by atoms with E-state index in [0.29, 0.717) is 34.0 Å². The molecule has 2 amide bonds. The van der Waals surface area contributed by atoms with Crippen LogP contribution < -0.4 is 11.1 Å². The van der Waals surface area contributed by atoms with Gasteiger partial charge >= 0.3 is 0 Å². The zero-order valence-electron chi connectivity index (χ0n) is 16.9. The Morgan fingerprint density at radius 1 is 1.03 bits per heavy atom. The molecule has 1 aliphatic rings. The molecule has 31 heavy (non-hydrogen) atoms. The maximum atomic E-state index is 12.5. The topological polar surface area (TPSA) is 116 Å². The Kier molecular flexibility index (Phi) is 4.47. The highest BCUT2D eigenvalue weighted by atomic mass is 16.2. The first-order chi connectivity index (χ1) is 15.0. The minimum atomic E-state index is -0.482. The van der Waals surface area contributed by atoms with Crippen LogP contribution in [-0.2, 0) is 0 Å². The van der Waals surface area contributed by atoms with Crippen LogP contribution in [0.4, 0.5) is 0 Å². The van der Waals surface area contributed by atoms with E-state index in [0.717, 1.165) is 29.7 Å². The lowest BCUT2D eigenvalue weighted by Gasteiger charge is -2.11. The number of hydrogen-bond acceptors (Lipinski definition) is 5. The number of fused-ring (bicyclic) bond motifs is 1. The van der Waals surface area contributed by atoms with E-state index < -0.39 is 5.91 Å². The molecule has 4 aromatic rings. The summed E-state index contributed by atoms with van der Waals surface area (Å²) >= 11 is 0. The number of nitrogens with one attached hydrogen (secondary N) is 1. The van der Waals surface area contributed by atoms with E-state index in [4.69, 9.17) is 5.73 Å². The van der Waals surface area contributed by atoms with Gasteiger partial charge in [0.1, 0.15) is 23.9 Å². The second kappa shape index (κ2) is 7.32. The van der Waals surface area contributed by atoms with Crippen molar-refractivity contribution in [2.24, 2.45) is 5.73 Å². The Morgan fingerprint density at radius 2 is 1.77 bits per heavy atom. The fourth-order valence-corrected chi connectivity index (χ4v) is 3.52. The fraction of sp³-hybridized carbons (Fsp3) is 0.174. The number of carbonyl (C=O) groups excluding carboxylic acids is 2. The maximum absolute atomic E-state index is 12.5. The molecule has 0 aliphatic heterocycles. The molecule has 0 saturated heterocycles. The van der Waals surface area contributed by atoms with Crippen molar-refractivity contribution in [2.75, 3.05) is 0 Å². The lowest BCUT2D eigenvalue weighted by molar-refractivity contribution is 0.0949. The molecular weight excluding hydrogens is 392 g/mol. The molecular formula is C23H20N6O2. The van der Waals surface area contributed by atoms with Crippen LogP contribution in [0.1, 0.15) is 39.1 Å². The summed E-state index contributed by atoms with van der Waals surface area (Å²) in [4.78, 5) is 37.2. The first-order valence-electron chi connectivity index (χ1n) is 10.0. The number of primary amides is 1. The summed E-state index contributed by atoms with van der Waals surface area (Å²) in [6.45, 7) is 1.98. The molecule has 2 aromatic heterocycles. The number of aryl methyl sites for hydroxylation is 1. The quantitative estimate of drug-likeness (QED) is 0.523. The molecule has 8 nitrogen and oxygen atoms in total. The van der Waals surface area contributed by atoms with E-state index >= 15 is 0 Å². The van der Waals surface area contributed by atoms with Crippen LogP contribution in [0, 0.1) is 6.92 Å². The normalized spacial score (nSPS) is 13.3. The van der Waals surface area contributed by atoms with Crippen molar-refractivity contribution in [3.05, 3.63) is 71.8 Å². The number of nitrogens with two attached hydrogens (primary N) is 1. The summed E-state index contributed by atoms with van der Waals surface area (Å²) in [5.41, 5.74) is 10.9. The van der Waals surface area contributed by atoms with Crippen LogP contribution in [0.15, 0.2) is 55.1 Å². The highest BCUT2D eigenvalue weighted by Gasteiger charge is 2.24. The minimum absolute atomic E-state index is 0.0713. The largest absolute Gasteiger partial charge is 0.366 e. The Hall–Kier alpha value is -4.07. The summed E-state index contributed by atoms with van der Waals surface area (Å²) < 4.78 is 1.86. The Morgan fingerprint density at radius 3 is 2.48 bits per heavy atom. The second-order valence-electron chi connectivity index (χ2n) is 7.70. The number of amides is 2. The van der Waals surface area contributed by atoms with Gasteiger partial charge in [0.25, 0.3) is 5.91 Å². The molecule has 3 N–H and O–H groups in total. The fourth-order valence-electron chi connectivity index (χ4n) is 3.52. The zero-order chi connectivity index (χ0) is 21.5. The van der Waals surface area contributed by atoms with Gasteiger partial charge in [0.2, 0.25) is 5.91 Å². The van der Waals surface area contributed by atoms with Gasteiger partial charge in [0.05, 0.1) is 5.69 Å². The molecule has 2 aromatic carbocycles. The number of aromatic nitrogens is 4. The summed E-state index contributed by atoms with van der Waals surface area (Å²) in [7, 11) is 0. The molecule has 1 aliphatic carbocycles. The lowest BCUT2D eigenvalue weighted by atomic mass is 10.1. The molecule has 0 radical (unpaired) electrons. The first kappa shape index (κ1) is 18.9. The van der Waals surface area contributed by atoms with Crippen molar-refractivity contribution < 1.29 is 9.59 Å². The van der Waals surface area contributed by atoms with E-state index in [1.165, 1.54) is 6.33 Å². The van der Waals surface area contributed by atoms with Crippen molar-refractivity contribution in [1.82, 2.24) is 24.8 Å². The van der Waals surface area contributed by atoms with Crippen LogP contribution in [0.2, 0.25) is 0 Å². The molecule has 2 heterocycles. The second-order valence-corrected chi connectivity index (χ2v) is 7.70. The van der Waals surface area contributed by atoms with Crippen LogP contribution in [-0.4, -0.2) is 37.4 Å². The van der Waals surface area contributed by atoms with Gasteiger partial charge in [-0.2, -0.15) is 0 Å². The average molecular weight is 412 g/mol. The van der Waals surface area contributed by atoms with Gasteiger partial charge in [0.15, 0.2) is 5.65 Å². The maximum Gasteiger partial charge on any atom is 0.251 e. The molecule has 0 atom stereocenters. The highest BCUT2D eigenvalue weighted by molar-refractivity contribution is 5.96. The van der Waals surface area contributed by atoms with E-state index in [1.807, 2.05) is 29.7 Å². The molecule has 8 heteroatoms. The number of benzene rings is 2. The number of rotatable bonds is 5. The molecule has 0 spiro atoms. The smallest absolute Gasteiger partial charge is 0.251 e. The van der Waals surface area contributed by atoms with Gasteiger partial charge in [-0.25, -0.2) is 15.0 Å². The van der Waals surface area contributed by atoms with E-state index in [-0.39, 0.29) is 5.91 Å². The summed E-state index contributed by atoms with van der Waals surface area (Å²) in [5.74, 6) is -0.553. The van der Waals surface area contributed by atoms with E-state index in [9.17, 15) is 9.59 Å². The predicted octanol–water partition coefficient (Wildman–Crippen LogP) is 2.78. The summed E-state index contributed by atoms with van der Waals surface area (Å²) in [6, 6.07) is 12.8. The van der Waals surface area contributed by atoms with Gasteiger partial charge in [-0.1, -0.05) is 18.2 Å². The Balaban J connectivity index is 1.57. The average Bonchev–Trinajstić information content (AvgIpc) is 3.49. The summed E-state index contributed by atoms with van der Waals surface area (Å²) in [5, 5.41) is 3.02. The molecule has 5 rings (SSSR count). The monoisotopic (exact) mass is 412 g/mol. The predicted molar refractivity (Wildman–Crippen MR) is 116 cm³/mol.